The van der Waals surface area contributed by atoms with E-state index in [2.05, 4.69) is 4.72 Å². The number of amides is 1. The molecule has 0 spiro atoms. The van der Waals surface area contributed by atoms with Gasteiger partial charge in [-0.2, -0.15) is 0 Å². The highest BCUT2D eigenvalue weighted by Gasteiger charge is 2.36. The van der Waals surface area contributed by atoms with E-state index < -0.39 is 10.0 Å². The van der Waals surface area contributed by atoms with E-state index in [0.29, 0.717) is 16.6 Å². The zero-order valence-electron chi connectivity index (χ0n) is 12.7. The molecule has 1 aliphatic carbocycles. The predicted octanol–water partition coefficient (Wildman–Crippen LogP) is 3.50. The molecule has 1 saturated carbocycles. The van der Waals surface area contributed by atoms with Crippen molar-refractivity contribution in [3.8, 4) is 0 Å². The molecule has 1 aliphatic heterocycles. The number of thiophene rings is 1. The number of hydrogen-bond donors (Lipinski definition) is 1. The minimum Gasteiger partial charge on any atom is -0.312 e. The average Bonchev–Trinajstić information content (AvgIpc) is 3.15. The fourth-order valence-electron chi connectivity index (χ4n) is 2.89. The number of sulfonamides is 1. The van der Waals surface area contributed by atoms with Crippen molar-refractivity contribution in [2.75, 3.05) is 16.2 Å². The molecule has 5 nitrogen and oxygen atoms in total. The average molecular weight is 383 g/mol. The van der Waals surface area contributed by atoms with E-state index in [0.717, 1.165) is 41.9 Å². The normalized spacial score (nSPS) is 17.0. The van der Waals surface area contributed by atoms with Crippen LogP contribution in [0.1, 0.15) is 18.4 Å². The van der Waals surface area contributed by atoms with Gasteiger partial charge in [0.25, 0.3) is 10.0 Å². The van der Waals surface area contributed by atoms with Gasteiger partial charge in [0.2, 0.25) is 5.91 Å². The summed E-state index contributed by atoms with van der Waals surface area (Å²) in [5, 5.41) is 0. The van der Waals surface area contributed by atoms with Gasteiger partial charge in [0.15, 0.2) is 0 Å². The first kappa shape index (κ1) is 15.9. The summed E-state index contributed by atoms with van der Waals surface area (Å²) >= 11 is 6.83. The van der Waals surface area contributed by atoms with Crippen LogP contribution >= 0.6 is 22.9 Å². The molecular weight excluding hydrogens is 368 g/mol. The quantitative estimate of drug-likeness (QED) is 0.879. The Morgan fingerprint density at radius 1 is 1.25 bits per heavy atom. The third-order valence-electron chi connectivity index (χ3n) is 4.23. The maximum absolute atomic E-state index is 12.4. The van der Waals surface area contributed by atoms with Crippen LogP contribution in [0.25, 0.3) is 0 Å². The number of carbonyl (C=O) groups is 1. The lowest BCUT2D eigenvalue weighted by Crippen LogP contribution is -2.30. The molecule has 4 rings (SSSR count). The zero-order chi connectivity index (χ0) is 16.9. The number of rotatable bonds is 4. The molecule has 1 fully saturated rings. The fourth-order valence-corrected chi connectivity index (χ4v) is 5.42. The Balaban J connectivity index is 1.57. The number of carbonyl (C=O) groups excluding carboxylic acids is 1. The summed E-state index contributed by atoms with van der Waals surface area (Å²) in [4.78, 5) is 14.1. The number of hydrogen-bond acceptors (Lipinski definition) is 4. The van der Waals surface area contributed by atoms with E-state index in [1.54, 1.807) is 12.1 Å². The molecule has 1 aromatic heterocycles. The molecule has 0 unspecified atom stereocenters. The minimum atomic E-state index is -3.64. The Bertz CT molecular complexity index is 919. The molecule has 2 aliphatic rings. The van der Waals surface area contributed by atoms with Crippen molar-refractivity contribution >= 4 is 50.2 Å². The second-order valence-electron chi connectivity index (χ2n) is 6.02. The van der Waals surface area contributed by atoms with Gasteiger partial charge in [-0.15, -0.1) is 11.3 Å². The number of benzene rings is 1. The first-order chi connectivity index (χ1) is 11.4. The van der Waals surface area contributed by atoms with Crippen molar-refractivity contribution in [2.24, 2.45) is 5.92 Å². The van der Waals surface area contributed by atoms with Crippen LogP contribution in [0.3, 0.4) is 0 Å². The predicted molar refractivity (Wildman–Crippen MR) is 95.4 cm³/mol. The molecule has 8 heteroatoms. The van der Waals surface area contributed by atoms with Crippen LogP contribution < -0.4 is 9.62 Å². The van der Waals surface area contributed by atoms with E-state index in [-0.39, 0.29) is 16.0 Å². The van der Waals surface area contributed by atoms with E-state index in [1.807, 2.05) is 17.0 Å². The van der Waals surface area contributed by atoms with E-state index >= 15 is 0 Å². The lowest BCUT2D eigenvalue weighted by molar-refractivity contribution is -0.119. The molecule has 1 N–H and O–H groups in total. The highest BCUT2D eigenvalue weighted by atomic mass is 35.5. The highest BCUT2D eigenvalue weighted by molar-refractivity contribution is 7.94. The van der Waals surface area contributed by atoms with E-state index in [4.69, 9.17) is 11.6 Å². The van der Waals surface area contributed by atoms with Crippen LogP contribution in [0.15, 0.2) is 34.5 Å². The molecule has 0 atom stereocenters. The fraction of sp³-hybridized carbons (Fsp3) is 0.312. The molecule has 24 heavy (non-hydrogen) atoms. The SMILES string of the molecule is O=C(C1CC1)N1CCc2cc(NS(=O)(=O)c3ccc(Cl)s3)ccc21. The summed E-state index contributed by atoms with van der Waals surface area (Å²) in [6.07, 6.45) is 2.70. The maximum Gasteiger partial charge on any atom is 0.271 e. The van der Waals surface area contributed by atoms with Crippen molar-refractivity contribution in [1.29, 1.82) is 0 Å². The van der Waals surface area contributed by atoms with Gasteiger partial charge in [0.1, 0.15) is 4.21 Å². The molecule has 126 valence electrons. The second-order valence-corrected chi connectivity index (χ2v) is 9.65. The lowest BCUT2D eigenvalue weighted by Gasteiger charge is -2.17. The maximum atomic E-state index is 12.4. The van der Waals surface area contributed by atoms with E-state index in [9.17, 15) is 13.2 Å². The first-order valence-electron chi connectivity index (χ1n) is 7.66. The van der Waals surface area contributed by atoms with Gasteiger partial charge in [-0.25, -0.2) is 8.42 Å². The van der Waals surface area contributed by atoms with Crippen molar-refractivity contribution in [1.82, 2.24) is 0 Å². The zero-order valence-corrected chi connectivity index (χ0v) is 15.0. The van der Waals surface area contributed by atoms with Gasteiger partial charge < -0.3 is 4.90 Å². The molecule has 1 amide bonds. The molecule has 2 heterocycles. The minimum absolute atomic E-state index is 0.178. The van der Waals surface area contributed by atoms with Crippen molar-refractivity contribution in [2.45, 2.75) is 23.5 Å². The number of anilines is 2. The van der Waals surface area contributed by atoms with Crippen molar-refractivity contribution in [3.05, 3.63) is 40.2 Å². The van der Waals surface area contributed by atoms with Crippen LogP contribution in [0.5, 0.6) is 0 Å². The summed E-state index contributed by atoms with van der Waals surface area (Å²) < 4.78 is 27.9. The number of nitrogens with zero attached hydrogens (tertiary/aromatic N) is 1. The van der Waals surface area contributed by atoms with Crippen LogP contribution in [-0.2, 0) is 21.2 Å². The highest BCUT2D eigenvalue weighted by Crippen LogP contribution is 2.37. The standard InChI is InChI=1S/C16H15ClN2O3S2/c17-14-5-6-15(23-14)24(21,22)18-12-3-4-13-11(9-12)7-8-19(13)16(20)10-1-2-10/h3-6,9-10,18H,1-2,7-8H2. The second kappa shape index (κ2) is 5.75. The summed E-state index contributed by atoms with van der Waals surface area (Å²) in [5.74, 6) is 0.369. The van der Waals surface area contributed by atoms with Crippen molar-refractivity contribution in [3.63, 3.8) is 0 Å². The van der Waals surface area contributed by atoms with Gasteiger partial charge >= 0.3 is 0 Å². The van der Waals surface area contributed by atoms with Crippen LogP contribution in [-0.4, -0.2) is 20.9 Å². The largest absolute Gasteiger partial charge is 0.312 e. The monoisotopic (exact) mass is 382 g/mol. The van der Waals surface area contributed by atoms with Gasteiger partial charge in [-0.05, 0) is 55.2 Å². The first-order valence-corrected chi connectivity index (χ1v) is 10.3. The smallest absolute Gasteiger partial charge is 0.271 e. The summed E-state index contributed by atoms with van der Waals surface area (Å²) in [6.45, 7) is 0.668. The van der Waals surface area contributed by atoms with Gasteiger partial charge in [0, 0.05) is 23.8 Å². The number of fused-ring (bicyclic) bond motifs is 1. The topological polar surface area (TPSA) is 66.5 Å². The van der Waals surface area contributed by atoms with Gasteiger partial charge in [-0.1, -0.05) is 11.6 Å². The number of nitrogens with one attached hydrogen (secondary N) is 1. The Hall–Kier alpha value is -1.57. The molecule has 0 radical (unpaired) electrons. The summed E-state index contributed by atoms with van der Waals surface area (Å²) in [6, 6.07) is 8.37. The number of halogens is 1. The third-order valence-corrected chi connectivity index (χ3v) is 7.34. The summed E-state index contributed by atoms with van der Waals surface area (Å²) in [7, 11) is -3.64. The Labute approximate surface area is 149 Å². The van der Waals surface area contributed by atoms with E-state index in [1.165, 1.54) is 6.07 Å². The Kier molecular flexibility index (Phi) is 3.82. The third kappa shape index (κ3) is 2.92. The molecule has 1 aromatic carbocycles. The lowest BCUT2D eigenvalue weighted by atomic mass is 10.1. The molecular formula is C16H15ClN2O3S2. The van der Waals surface area contributed by atoms with Gasteiger partial charge in [0.05, 0.1) is 4.34 Å². The molecule has 0 saturated heterocycles. The van der Waals surface area contributed by atoms with Crippen LogP contribution in [0, 0.1) is 5.92 Å². The summed E-state index contributed by atoms with van der Waals surface area (Å²) in [5.41, 5.74) is 2.39. The van der Waals surface area contributed by atoms with Crippen LogP contribution in [0.4, 0.5) is 11.4 Å². The van der Waals surface area contributed by atoms with Gasteiger partial charge in [-0.3, -0.25) is 9.52 Å². The van der Waals surface area contributed by atoms with Crippen LogP contribution in [0.2, 0.25) is 4.34 Å². The molecule has 2 aromatic rings. The Morgan fingerprint density at radius 3 is 2.71 bits per heavy atom. The van der Waals surface area contributed by atoms with Crippen molar-refractivity contribution < 1.29 is 13.2 Å². The Morgan fingerprint density at radius 2 is 2.04 bits per heavy atom. The molecule has 0 bridgehead atoms.